The van der Waals surface area contributed by atoms with Crippen LogP contribution < -0.4 is 4.74 Å². The maximum absolute atomic E-state index is 13.6. The molecule has 0 unspecified atom stereocenters. The lowest BCUT2D eigenvalue weighted by atomic mass is 10.2. The van der Waals surface area contributed by atoms with Gasteiger partial charge in [0.2, 0.25) is 0 Å². The predicted molar refractivity (Wildman–Crippen MR) is 66.6 cm³/mol. The lowest BCUT2D eigenvalue weighted by molar-refractivity contribution is 0.281. The highest BCUT2D eigenvalue weighted by molar-refractivity contribution is 6.17. The van der Waals surface area contributed by atoms with Gasteiger partial charge in [0.1, 0.15) is 18.2 Å². The highest BCUT2D eigenvalue weighted by Crippen LogP contribution is 2.25. The number of rotatable bonds is 4. The van der Waals surface area contributed by atoms with Crippen LogP contribution in [-0.4, -0.2) is 0 Å². The van der Waals surface area contributed by atoms with Crippen molar-refractivity contribution in [3.63, 3.8) is 0 Å². The van der Waals surface area contributed by atoms with E-state index in [-0.39, 0.29) is 23.8 Å². The number of hydrogen-bond donors (Lipinski definition) is 0. The van der Waals surface area contributed by atoms with Crippen LogP contribution in [0, 0.1) is 17.5 Å². The minimum Gasteiger partial charge on any atom is -0.485 e. The highest BCUT2D eigenvalue weighted by atomic mass is 35.5. The van der Waals surface area contributed by atoms with Gasteiger partial charge in [-0.25, -0.2) is 13.2 Å². The third-order valence-electron chi connectivity index (χ3n) is 2.57. The van der Waals surface area contributed by atoms with Gasteiger partial charge in [0, 0.05) is 11.1 Å². The van der Waals surface area contributed by atoms with Crippen molar-refractivity contribution in [1.29, 1.82) is 0 Å². The molecule has 100 valence electrons. The van der Waals surface area contributed by atoms with Crippen LogP contribution in [0.3, 0.4) is 0 Å². The fraction of sp³-hybridized carbons (Fsp3) is 0.143. The quantitative estimate of drug-likeness (QED) is 0.756. The SMILES string of the molecule is Fc1ccc(F)c(COc2c(F)cccc2CCl)c1. The Balaban J connectivity index is 2.21. The molecule has 0 aliphatic carbocycles. The second-order valence-electron chi connectivity index (χ2n) is 3.89. The molecule has 0 aromatic heterocycles. The van der Waals surface area contributed by atoms with Gasteiger partial charge in [-0.3, -0.25) is 0 Å². The summed E-state index contributed by atoms with van der Waals surface area (Å²) in [5, 5.41) is 0. The van der Waals surface area contributed by atoms with E-state index in [1.807, 2.05) is 0 Å². The van der Waals surface area contributed by atoms with E-state index in [2.05, 4.69) is 0 Å². The lowest BCUT2D eigenvalue weighted by Gasteiger charge is -2.11. The van der Waals surface area contributed by atoms with Crippen molar-refractivity contribution in [1.82, 2.24) is 0 Å². The largest absolute Gasteiger partial charge is 0.485 e. The van der Waals surface area contributed by atoms with Gasteiger partial charge in [0.15, 0.2) is 11.6 Å². The molecule has 2 aromatic carbocycles. The van der Waals surface area contributed by atoms with Gasteiger partial charge in [-0.15, -0.1) is 11.6 Å². The van der Waals surface area contributed by atoms with Gasteiger partial charge in [-0.1, -0.05) is 12.1 Å². The van der Waals surface area contributed by atoms with Gasteiger partial charge in [-0.05, 0) is 24.3 Å². The molecule has 0 saturated carbocycles. The van der Waals surface area contributed by atoms with E-state index in [9.17, 15) is 13.2 Å². The molecule has 0 N–H and O–H groups in total. The van der Waals surface area contributed by atoms with Gasteiger partial charge < -0.3 is 4.74 Å². The molecule has 0 aliphatic heterocycles. The zero-order valence-electron chi connectivity index (χ0n) is 9.80. The second kappa shape index (κ2) is 5.97. The third kappa shape index (κ3) is 3.20. The third-order valence-corrected chi connectivity index (χ3v) is 2.86. The summed E-state index contributed by atoms with van der Waals surface area (Å²) < 4.78 is 45.2. The number of alkyl halides is 1. The second-order valence-corrected chi connectivity index (χ2v) is 4.15. The van der Waals surface area contributed by atoms with Crippen LogP contribution in [-0.2, 0) is 12.5 Å². The molecule has 0 heterocycles. The molecular formula is C14H10ClF3O. The summed E-state index contributed by atoms with van der Waals surface area (Å²) in [5.41, 5.74) is 0.474. The Hall–Kier alpha value is -1.68. The Morgan fingerprint density at radius 1 is 0.947 bits per heavy atom. The van der Waals surface area contributed by atoms with E-state index >= 15 is 0 Å². The smallest absolute Gasteiger partial charge is 0.165 e. The molecule has 2 rings (SSSR count). The first kappa shape index (κ1) is 13.7. The van der Waals surface area contributed by atoms with E-state index in [0.29, 0.717) is 5.56 Å². The zero-order valence-corrected chi connectivity index (χ0v) is 10.6. The first-order valence-electron chi connectivity index (χ1n) is 5.52. The normalized spacial score (nSPS) is 10.5. The number of ether oxygens (including phenoxy) is 1. The first-order valence-corrected chi connectivity index (χ1v) is 6.05. The van der Waals surface area contributed by atoms with Crippen LogP contribution >= 0.6 is 11.6 Å². The highest BCUT2D eigenvalue weighted by Gasteiger charge is 2.11. The fourth-order valence-corrected chi connectivity index (χ4v) is 1.83. The Morgan fingerprint density at radius 3 is 2.47 bits per heavy atom. The van der Waals surface area contributed by atoms with E-state index in [0.717, 1.165) is 18.2 Å². The van der Waals surface area contributed by atoms with Crippen molar-refractivity contribution in [3.05, 3.63) is 65.0 Å². The van der Waals surface area contributed by atoms with Gasteiger partial charge in [-0.2, -0.15) is 0 Å². The molecule has 0 saturated heterocycles. The summed E-state index contributed by atoms with van der Waals surface area (Å²) >= 11 is 5.66. The predicted octanol–water partition coefficient (Wildman–Crippen LogP) is 4.42. The van der Waals surface area contributed by atoms with Crippen molar-refractivity contribution in [2.24, 2.45) is 0 Å². The van der Waals surface area contributed by atoms with Crippen LogP contribution in [0.25, 0.3) is 0 Å². The van der Waals surface area contributed by atoms with Gasteiger partial charge >= 0.3 is 0 Å². The van der Waals surface area contributed by atoms with Crippen LogP contribution in [0.4, 0.5) is 13.2 Å². The van der Waals surface area contributed by atoms with Crippen molar-refractivity contribution >= 4 is 11.6 Å². The van der Waals surface area contributed by atoms with Crippen molar-refractivity contribution < 1.29 is 17.9 Å². The van der Waals surface area contributed by atoms with Gasteiger partial charge in [0.25, 0.3) is 0 Å². The number of benzene rings is 2. The molecule has 5 heteroatoms. The summed E-state index contributed by atoms with van der Waals surface area (Å²) in [6.07, 6.45) is 0. The van der Waals surface area contributed by atoms with Crippen molar-refractivity contribution in [2.75, 3.05) is 0 Å². The molecule has 0 amide bonds. The van der Waals surface area contributed by atoms with Crippen molar-refractivity contribution in [2.45, 2.75) is 12.5 Å². The molecular weight excluding hydrogens is 277 g/mol. The number of halogens is 4. The average molecular weight is 287 g/mol. The molecule has 0 atom stereocenters. The first-order chi connectivity index (χ1) is 9.11. The molecule has 0 spiro atoms. The fourth-order valence-electron chi connectivity index (χ4n) is 1.62. The van der Waals surface area contributed by atoms with E-state index in [1.165, 1.54) is 12.1 Å². The number of hydrogen-bond acceptors (Lipinski definition) is 1. The van der Waals surface area contributed by atoms with E-state index < -0.39 is 17.5 Å². The maximum atomic E-state index is 13.6. The van der Waals surface area contributed by atoms with Gasteiger partial charge in [0.05, 0.1) is 5.88 Å². The number of para-hydroxylation sites is 1. The minimum atomic E-state index is -0.606. The van der Waals surface area contributed by atoms with Crippen molar-refractivity contribution in [3.8, 4) is 5.75 Å². The molecule has 2 aromatic rings. The van der Waals surface area contributed by atoms with Crippen LogP contribution in [0.5, 0.6) is 5.75 Å². The summed E-state index contributed by atoms with van der Waals surface area (Å²) in [7, 11) is 0. The Bertz CT molecular complexity index is 587. The summed E-state index contributed by atoms with van der Waals surface area (Å²) in [6.45, 7) is -0.269. The topological polar surface area (TPSA) is 9.23 Å². The maximum Gasteiger partial charge on any atom is 0.165 e. The zero-order chi connectivity index (χ0) is 13.8. The summed E-state index contributed by atoms with van der Waals surface area (Å²) in [5.74, 6) is -1.74. The molecule has 1 nitrogen and oxygen atoms in total. The Labute approximate surface area is 113 Å². The monoisotopic (exact) mass is 286 g/mol. The van der Waals surface area contributed by atoms with E-state index in [4.69, 9.17) is 16.3 Å². The lowest BCUT2D eigenvalue weighted by Crippen LogP contribution is -2.02. The van der Waals surface area contributed by atoms with Crippen LogP contribution in [0.1, 0.15) is 11.1 Å². The summed E-state index contributed by atoms with van der Waals surface area (Å²) in [4.78, 5) is 0. The molecule has 19 heavy (non-hydrogen) atoms. The Morgan fingerprint density at radius 2 is 1.74 bits per heavy atom. The standard InChI is InChI=1S/C14H10ClF3O/c15-7-9-2-1-3-13(18)14(9)19-8-10-6-11(16)4-5-12(10)17/h1-6H,7-8H2. The molecule has 0 fully saturated rings. The Kier molecular flexibility index (Phi) is 4.32. The average Bonchev–Trinajstić information content (AvgIpc) is 2.40. The van der Waals surface area contributed by atoms with Crippen LogP contribution in [0.2, 0.25) is 0 Å². The molecule has 0 bridgehead atoms. The minimum absolute atomic E-state index is 0.0174. The summed E-state index contributed by atoms with van der Waals surface area (Å²) in [6, 6.07) is 7.34. The molecule has 0 radical (unpaired) electrons. The van der Waals surface area contributed by atoms with Crippen LogP contribution in [0.15, 0.2) is 36.4 Å². The van der Waals surface area contributed by atoms with E-state index in [1.54, 1.807) is 6.07 Å². The molecule has 0 aliphatic rings.